The smallest absolute Gasteiger partial charge is 0.273 e. The van der Waals surface area contributed by atoms with Gasteiger partial charge >= 0.3 is 0 Å². The number of methoxy groups -OCH3 is 1. The third-order valence-corrected chi connectivity index (χ3v) is 3.61. The minimum atomic E-state index is -0.314. The van der Waals surface area contributed by atoms with Crippen LogP contribution in [0.15, 0.2) is 72.1 Å². The number of hydrogen-bond donors (Lipinski definition) is 2. The summed E-state index contributed by atoms with van der Waals surface area (Å²) in [5.74, 6) is 0.0730. The van der Waals surface area contributed by atoms with Crippen LogP contribution in [0, 0.1) is 0 Å². The number of aromatic nitrogens is 1. The highest BCUT2D eigenvalue weighted by Crippen LogP contribution is 2.25. The van der Waals surface area contributed by atoms with E-state index in [2.05, 4.69) is 10.5 Å². The van der Waals surface area contributed by atoms with Crippen molar-refractivity contribution in [1.82, 2.24) is 9.99 Å². The molecule has 1 amide bonds. The van der Waals surface area contributed by atoms with Crippen LogP contribution in [0.25, 0.3) is 5.69 Å². The Morgan fingerprint density at radius 2 is 1.92 bits per heavy atom. The summed E-state index contributed by atoms with van der Waals surface area (Å²) >= 11 is 0. The highest BCUT2D eigenvalue weighted by molar-refractivity contribution is 5.98. The maximum absolute atomic E-state index is 12.4. The highest BCUT2D eigenvalue weighted by Gasteiger charge is 2.11. The van der Waals surface area contributed by atoms with Crippen LogP contribution >= 0.6 is 0 Å². The average molecular weight is 335 g/mol. The van der Waals surface area contributed by atoms with Gasteiger partial charge in [0.1, 0.15) is 0 Å². The Kier molecular flexibility index (Phi) is 4.80. The minimum Gasteiger partial charge on any atom is -0.504 e. The van der Waals surface area contributed by atoms with Gasteiger partial charge in [-0.2, -0.15) is 5.10 Å². The summed E-state index contributed by atoms with van der Waals surface area (Å²) in [5, 5.41) is 13.6. The summed E-state index contributed by atoms with van der Waals surface area (Å²) in [6.45, 7) is 0. The molecule has 3 aromatic rings. The third kappa shape index (κ3) is 3.69. The summed E-state index contributed by atoms with van der Waals surface area (Å²) in [4.78, 5) is 12.4. The summed E-state index contributed by atoms with van der Waals surface area (Å²) in [7, 11) is 1.47. The Morgan fingerprint density at radius 3 is 2.68 bits per heavy atom. The van der Waals surface area contributed by atoms with E-state index in [1.807, 2.05) is 41.2 Å². The van der Waals surface area contributed by atoms with Crippen LogP contribution in [0.4, 0.5) is 0 Å². The van der Waals surface area contributed by atoms with Crippen molar-refractivity contribution < 1.29 is 14.6 Å². The lowest BCUT2D eigenvalue weighted by Gasteiger charge is -2.09. The molecule has 2 aromatic carbocycles. The van der Waals surface area contributed by atoms with Gasteiger partial charge in [-0.3, -0.25) is 4.79 Å². The lowest BCUT2D eigenvalue weighted by atomic mass is 10.1. The van der Waals surface area contributed by atoms with Crippen LogP contribution in [0.1, 0.15) is 15.9 Å². The maximum Gasteiger partial charge on any atom is 0.273 e. The number of rotatable bonds is 5. The molecule has 1 heterocycles. The largest absolute Gasteiger partial charge is 0.504 e. The SMILES string of the molecule is COc1cc(/C=N\NC(=O)c2ccccc2-n2cccc2)ccc1O. The zero-order valence-corrected chi connectivity index (χ0v) is 13.6. The predicted octanol–water partition coefficient (Wildman–Crippen LogP) is 2.96. The maximum atomic E-state index is 12.4. The van der Waals surface area contributed by atoms with E-state index < -0.39 is 0 Å². The van der Waals surface area contributed by atoms with E-state index in [1.54, 1.807) is 24.3 Å². The molecule has 0 unspecified atom stereocenters. The van der Waals surface area contributed by atoms with Crippen molar-refractivity contribution in [3.8, 4) is 17.2 Å². The Hall–Kier alpha value is -3.54. The molecule has 6 heteroatoms. The van der Waals surface area contributed by atoms with Crippen LogP contribution < -0.4 is 10.2 Å². The first-order valence-corrected chi connectivity index (χ1v) is 7.62. The first kappa shape index (κ1) is 16.3. The Balaban J connectivity index is 1.75. The van der Waals surface area contributed by atoms with Crippen LogP contribution in [0.2, 0.25) is 0 Å². The lowest BCUT2D eigenvalue weighted by Crippen LogP contribution is -2.19. The molecule has 0 saturated carbocycles. The van der Waals surface area contributed by atoms with Gasteiger partial charge in [0.2, 0.25) is 0 Å². The van der Waals surface area contributed by atoms with E-state index in [-0.39, 0.29) is 11.7 Å². The van der Waals surface area contributed by atoms with E-state index in [9.17, 15) is 9.90 Å². The molecule has 0 aliphatic heterocycles. The van der Waals surface area contributed by atoms with Crippen molar-refractivity contribution in [3.63, 3.8) is 0 Å². The van der Waals surface area contributed by atoms with Gasteiger partial charge in [0.05, 0.1) is 24.6 Å². The van der Waals surface area contributed by atoms with Crippen LogP contribution in [-0.4, -0.2) is 28.9 Å². The number of nitrogens with one attached hydrogen (secondary N) is 1. The van der Waals surface area contributed by atoms with Gasteiger partial charge in [-0.25, -0.2) is 5.43 Å². The van der Waals surface area contributed by atoms with Crippen molar-refractivity contribution in [3.05, 3.63) is 78.1 Å². The third-order valence-electron chi connectivity index (χ3n) is 3.61. The predicted molar refractivity (Wildman–Crippen MR) is 95.5 cm³/mol. The number of amides is 1. The first-order chi connectivity index (χ1) is 12.2. The molecule has 0 atom stereocenters. The van der Waals surface area contributed by atoms with Crippen molar-refractivity contribution in [2.75, 3.05) is 7.11 Å². The second kappa shape index (κ2) is 7.35. The number of phenols is 1. The fourth-order valence-electron chi connectivity index (χ4n) is 2.39. The quantitative estimate of drug-likeness (QED) is 0.556. The van der Waals surface area contributed by atoms with E-state index in [0.29, 0.717) is 16.9 Å². The van der Waals surface area contributed by atoms with Gasteiger partial charge in [0, 0.05) is 12.4 Å². The first-order valence-electron chi connectivity index (χ1n) is 7.62. The van der Waals surface area contributed by atoms with E-state index in [4.69, 9.17) is 4.74 Å². The number of hydrogen-bond acceptors (Lipinski definition) is 4. The molecule has 2 N–H and O–H groups in total. The topological polar surface area (TPSA) is 75.8 Å². The lowest BCUT2D eigenvalue weighted by molar-refractivity contribution is 0.0955. The standard InChI is InChI=1S/C19H17N3O3/c1-25-18-12-14(8-9-17(18)23)13-20-21-19(24)15-6-2-3-7-16(15)22-10-4-5-11-22/h2-13,23H,1H3,(H,21,24)/b20-13-. The van der Waals surface area contributed by atoms with Gasteiger partial charge in [0.15, 0.2) is 11.5 Å². The molecule has 6 nitrogen and oxygen atoms in total. The van der Waals surface area contributed by atoms with Gasteiger partial charge in [0.25, 0.3) is 5.91 Å². The van der Waals surface area contributed by atoms with Crippen LogP contribution in [-0.2, 0) is 0 Å². The fourth-order valence-corrected chi connectivity index (χ4v) is 2.39. The summed E-state index contributed by atoms with van der Waals surface area (Å²) in [6.07, 6.45) is 5.23. The number of phenolic OH excluding ortho intramolecular Hbond substituents is 1. The monoisotopic (exact) mass is 335 g/mol. The number of ether oxygens (including phenoxy) is 1. The van der Waals surface area contributed by atoms with Crippen LogP contribution in [0.3, 0.4) is 0 Å². The molecule has 0 spiro atoms. The second-order valence-electron chi connectivity index (χ2n) is 5.24. The van der Waals surface area contributed by atoms with Gasteiger partial charge in [-0.05, 0) is 48.0 Å². The average Bonchev–Trinajstić information content (AvgIpc) is 3.17. The molecule has 0 aliphatic rings. The molecule has 0 fully saturated rings. The Morgan fingerprint density at radius 1 is 1.16 bits per heavy atom. The van der Waals surface area contributed by atoms with Crippen LogP contribution in [0.5, 0.6) is 11.5 Å². The number of carbonyl (C=O) groups excluding carboxylic acids is 1. The number of aromatic hydroxyl groups is 1. The molecule has 0 radical (unpaired) electrons. The molecule has 0 aliphatic carbocycles. The zero-order valence-electron chi connectivity index (χ0n) is 13.6. The van der Waals surface area contributed by atoms with E-state index in [1.165, 1.54) is 19.4 Å². The summed E-state index contributed by atoms with van der Waals surface area (Å²) < 4.78 is 6.90. The Labute approximate surface area is 145 Å². The molecule has 1 aromatic heterocycles. The van der Waals surface area contributed by atoms with Crippen molar-refractivity contribution in [1.29, 1.82) is 0 Å². The minimum absolute atomic E-state index is 0.0457. The molecule has 0 bridgehead atoms. The van der Waals surface area contributed by atoms with Gasteiger partial charge in [-0.1, -0.05) is 12.1 Å². The van der Waals surface area contributed by atoms with Crippen molar-refractivity contribution >= 4 is 12.1 Å². The zero-order chi connectivity index (χ0) is 17.6. The molecule has 0 saturated heterocycles. The molecular weight excluding hydrogens is 318 g/mol. The summed E-state index contributed by atoms with van der Waals surface area (Å²) in [6, 6.07) is 15.9. The molecule has 25 heavy (non-hydrogen) atoms. The van der Waals surface area contributed by atoms with Crippen molar-refractivity contribution in [2.45, 2.75) is 0 Å². The van der Waals surface area contributed by atoms with Gasteiger partial charge in [-0.15, -0.1) is 0 Å². The second-order valence-corrected chi connectivity index (χ2v) is 5.24. The number of hydrazone groups is 1. The fraction of sp³-hybridized carbons (Fsp3) is 0.0526. The summed E-state index contributed by atoms with van der Waals surface area (Å²) in [5.41, 5.74) is 4.49. The number of para-hydroxylation sites is 1. The van der Waals surface area contributed by atoms with Gasteiger partial charge < -0.3 is 14.4 Å². The molecule has 126 valence electrons. The van der Waals surface area contributed by atoms with Crippen molar-refractivity contribution in [2.24, 2.45) is 5.10 Å². The molecule has 3 rings (SSSR count). The number of benzene rings is 2. The number of carbonyl (C=O) groups is 1. The highest BCUT2D eigenvalue weighted by atomic mass is 16.5. The Bertz CT molecular complexity index is 902. The molecular formula is C19H17N3O3. The normalized spacial score (nSPS) is 10.8. The van der Waals surface area contributed by atoms with E-state index >= 15 is 0 Å². The number of nitrogens with zero attached hydrogens (tertiary/aromatic N) is 2. The van der Waals surface area contributed by atoms with E-state index in [0.717, 1.165) is 5.69 Å².